The number of ether oxygens (including phenoxy) is 2. The lowest BCUT2D eigenvalue weighted by atomic mass is 10.2. The standard InChI is InChI=1S/C20H17N5O3/c1-27-14-7-8-16(18(11-14)28-2)24-20-22-10-9-17(25-20)19(26)23-15-6-4-3-5-13(15)12-21/h3-11H,1-2H3,(H,23,26)(H,22,24,25). The highest BCUT2D eigenvalue weighted by atomic mass is 16.5. The van der Waals surface area contributed by atoms with Crippen LogP contribution in [0.15, 0.2) is 54.7 Å². The van der Waals surface area contributed by atoms with E-state index in [0.29, 0.717) is 28.4 Å². The molecule has 3 rings (SSSR count). The average Bonchev–Trinajstić information content (AvgIpc) is 2.74. The molecule has 0 radical (unpaired) electrons. The third-order valence-corrected chi connectivity index (χ3v) is 3.84. The lowest BCUT2D eigenvalue weighted by Gasteiger charge is -2.12. The predicted molar refractivity (Wildman–Crippen MR) is 104 cm³/mol. The van der Waals surface area contributed by atoms with E-state index in [1.54, 1.807) is 49.6 Å². The van der Waals surface area contributed by atoms with Gasteiger partial charge in [-0.05, 0) is 30.3 Å². The van der Waals surface area contributed by atoms with Crippen molar-refractivity contribution >= 4 is 23.2 Å². The predicted octanol–water partition coefficient (Wildman–Crippen LogP) is 3.36. The molecule has 8 nitrogen and oxygen atoms in total. The first-order chi connectivity index (χ1) is 13.6. The number of carbonyl (C=O) groups excluding carboxylic acids is 1. The van der Waals surface area contributed by atoms with Crippen molar-refractivity contribution < 1.29 is 14.3 Å². The highest BCUT2D eigenvalue weighted by Gasteiger charge is 2.13. The molecule has 0 spiro atoms. The van der Waals surface area contributed by atoms with E-state index in [-0.39, 0.29) is 11.6 Å². The molecular weight excluding hydrogens is 358 g/mol. The molecule has 0 saturated carbocycles. The highest BCUT2D eigenvalue weighted by Crippen LogP contribution is 2.30. The molecule has 8 heteroatoms. The summed E-state index contributed by atoms with van der Waals surface area (Å²) < 4.78 is 10.5. The van der Waals surface area contributed by atoms with Crippen LogP contribution in [0.1, 0.15) is 16.1 Å². The molecule has 1 aromatic heterocycles. The number of anilines is 3. The zero-order chi connectivity index (χ0) is 19.9. The number of benzene rings is 2. The lowest BCUT2D eigenvalue weighted by molar-refractivity contribution is 0.102. The minimum atomic E-state index is -0.449. The molecule has 1 amide bonds. The first kappa shape index (κ1) is 18.7. The van der Waals surface area contributed by atoms with Gasteiger partial charge in [-0.1, -0.05) is 12.1 Å². The second kappa shape index (κ2) is 8.51. The van der Waals surface area contributed by atoms with E-state index in [0.717, 1.165) is 0 Å². The van der Waals surface area contributed by atoms with E-state index in [2.05, 4.69) is 20.6 Å². The highest BCUT2D eigenvalue weighted by molar-refractivity contribution is 6.03. The Kier molecular flexibility index (Phi) is 5.67. The van der Waals surface area contributed by atoms with Gasteiger partial charge < -0.3 is 20.1 Å². The van der Waals surface area contributed by atoms with Crippen molar-refractivity contribution in [2.45, 2.75) is 0 Å². The molecule has 2 N–H and O–H groups in total. The fraction of sp³-hybridized carbons (Fsp3) is 0.100. The summed E-state index contributed by atoms with van der Waals surface area (Å²) in [6.45, 7) is 0. The van der Waals surface area contributed by atoms with Crippen LogP contribution in [0.25, 0.3) is 0 Å². The van der Waals surface area contributed by atoms with E-state index >= 15 is 0 Å². The van der Waals surface area contributed by atoms with Crippen LogP contribution in [0.3, 0.4) is 0 Å². The fourth-order valence-corrected chi connectivity index (χ4v) is 2.44. The summed E-state index contributed by atoms with van der Waals surface area (Å²) >= 11 is 0. The Bertz CT molecular complexity index is 1050. The van der Waals surface area contributed by atoms with Gasteiger partial charge in [0.2, 0.25) is 5.95 Å². The number of nitriles is 1. The van der Waals surface area contributed by atoms with Crippen LogP contribution in [0, 0.1) is 11.3 Å². The van der Waals surface area contributed by atoms with Crippen LogP contribution in [0.4, 0.5) is 17.3 Å². The summed E-state index contributed by atoms with van der Waals surface area (Å²) in [7, 11) is 3.11. The molecule has 28 heavy (non-hydrogen) atoms. The van der Waals surface area contributed by atoms with Gasteiger partial charge in [0.15, 0.2) is 0 Å². The SMILES string of the molecule is COc1ccc(Nc2nccc(C(=O)Nc3ccccc3C#N)n2)c(OC)c1. The molecule has 0 bridgehead atoms. The topological polar surface area (TPSA) is 109 Å². The second-order valence-electron chi connectivity index (χ2n) is 5.57. The molecule has 0 aliphatic carbocycles. The molecule has 1 heterocycles. The van der Waals surface area contributed by atoms with Crippen molar-refractivity contribution in [3.05, 3.63) is 66.0 Å². The first-order valence-electron chi connectivity index (χ1n) is 8.27. The number of para-hydroxylation sites is 1. The van der Waals surface area contributed by atoms with Crippen LogP contribution >= 0.6 is 0 Å². The summed E-state index contributed by atoms with van der Waals surface area (Å²) in [6.07, 6.45) is 1.47. The van der Waals surface area contributed by atoms with E-state index in [9.17, 15) is 4.79 Å². The number of carbonyl (C=O) groups is 1. The van der Waals surface area contributed by atoms with Gasteiger partial charge in [0.05, 0.1) is 31.2 Å². The van der Waals surface area contributed by atoms with Gasteiger partial charge in [-0.2, -0.15) is 5.26 Å². The van der Waals surface area contributed by atoms with Crippen molar-refractivity contribution in [3.63, 3.8) is 0 Å². The molecule has 0 unspecified atom stereocenters. The summed E-state index contributed by atoms with van der Waals surface area (Å²) in [5, 5.41) is 14.8. The Morgan fingerprint density at radius 2 is 1.89 bits per heavy atom. The maximum atomic E-state index is 12.5. The summed E-state index contributed by atoms with van der Waals surface area (Å²) in [5.74, 6) is 0.966. The van der Waals surface area contributed by atoms with Gasteiger partial charge in [-0.25, -0.2) is 9.97 Å². The normalized spacial score (nSPS) is 9.89. The van der Waals surface area contributed by atoms with Crippen LogP contribution in [-0.4, -0.2) is 30.1 Å². The molecule has 0 atom stereocenters. The molecule has 0 aliphatic heterocycles. The number of nitrogens with one attached hydrogen (secondary N) is 2. The second-order valence-corrected chi connectivity index (χ2v) is 5.57. The Hall–Kier alpha value is -4.12. The van der Waals surface area contributed by atoms with E-state index in [4.69, 9.17) is 14.7 Å². The molecule has 3 aromatic rings. The van der Waals surface area contributed by atoms with Gasteiger partial charge in [-0.15, -0.1) is 0 Å². The van der Waals surface area contributed by atoms with Crippen molar-refractivity contribution in [2.24, 2.45) is 0 Å². The van der Waals surface area contributed by atoms with E-state index < -0.39 is 5.91 Å². The van der Waals surface area contributed by atoms with Gasteiger partial charge in [0.25, 0.3) is 5.91 Å². The average molecular weight is 375 g/mol. The molecule has 2 aromatic carbocycles. The van der Waals surface area contributed by atoms with Crippen LogP contribution < -0.4 is 20.1 Å². The molecular formula is C20H17N5O3. The Balaban J connectivity index is 1.81. The van der Waals surface area contributed by atoms with Crippen molar-refractivity contribution in [1.82, 2.24) is 9.97 Å². The number of hydrogen-bond acceptors (Lipinski definition) is 7. The zero-order valence-corrected chi connectivity index (χ0v) is 15.3. The number of rotatable bonds is 6. The third-order valence-electron chi connectivity index (χ3n) is 3.84. The van der Waals surface area contributed by atoms with Gasteiger partial charge in [0.1, 0.15) is 23.3 Å². The fourth-order valence-electron chi connectivity index (χ4n) is 2.44. The minimum absolute atomic E-state index is 0.151. The quantitative estimate of drug-likeness (QED) is 0.680. The van der Waals surface area contributed by atoms with Gasteiger partial charge in [-0.3, -0.25) is 4.79 Å². The van der Waals surface area contributed by atoms with E-state index in [1.165, 1.54) is 19.4 Å². The van der Waals surface area contributed by atoms with Crippen LogP contribution in [-0.2, 0) is 0 Å². The summed E-state index contributed by atoms with van der Waals surface area (Å²) in [5.41, 5.74) is 1.56. The zero-order valence-electron chi connectivity index (χ0n) is 15.3. The Labute approximate surface area is 161 Å². The number of methoxy groups -OCH3 is 2. The van der Waals surface area contributed by atoms with Crippen molar-refractivity contribution in [3.8, 4) is 17.6 Å². The summed E-state index contributed by atoms with van der Waals surface area (Å²) in [6, 6.07) is 15.5. The number of hydrogen-bond donors (Lipinski definition) is 2. The lowest BCUT2D eigenvalue weighted by Crippen LogP contribution is -2.15. The van der Waals surface area contributed by atoms with Crippen molar-refractivity contribution in [2.75, 3.05) is 24.9 Å². The Morgan fingerprint density at radius 3 is 2.64 bits per heavy atom. The van der Waals surface area contributed by atoms with Crippen molar-refractivity contribution in [1.29, 1.82) is 5.26 Å². The maximum Gasteiger partial charge on any atom is 0.274 e. The largest absolute Gasteiger partial charge is 0.497 e. The molecule has 0 saturated heterocycles. The first-order valence-corrected chi connectivity index (χ1v) is 8.27. The molecule has 0 aliphatic rings. The molecule has 0 fully saturated rings. The monoisotopic (exact) mass is 375 g/mol. The number of aromatic nitrogens is 2. The van der Waals surface area contributed by atoms with Crippen LogP contribution in [0.5, 0.6) is 11.5 Å². The minimum Gasteiger partial charge on any atom is -0.497 e. The Morgan fingerprint density at radius 1 is 1.07 bits per heavy atom. The van der Waals surface area contributed by atoms with Gasteiger partial charge >= 0.3 is 0 Å². The smallest absolute Gasteiger partial charge is 0.274 e. The van der Waals surface area contributed by atoms with E-state index in [1.807, 2.05) is 6.07 Å². The van der Waals surface area contributed by atoms with Crippen LogP contribution in [0.2, 0.25) is 0 Å². The maximum absolute atomic E-state index is 12.5. The third kappa shape index (κ3) is 4.16. The number of amides is 1. The molecule has 140 valence electrons. The summed E-state index contributed by atoms with van der Waals surface area (Å²) in [4.78, 5) is 20.9. The number of nitrogens with zero attached hydrogens (tertiary/aromatic N) is 3. The van der Waals surface area contributed by atoms with Gasteiger partial charge in [0, 0.05) is 12.3 Å².